The normalized spacial score (nSPS) is 13.8. The van der Waals surface area contributed by atoms with Crippen molar-refractivity contribution in [2.75, 3.05) is 6.54 Å². The molecule has 1 atom stereocenters. The number of hydrogen-bond acceptors (Lipinski definition) is 5. The zero-order valence-electron chi connectivity index (χ0n) is 10.8. The highest BCUT2D eigenvalue weighted by Gasteiger charge is 2.27. The van der Waals surface area contributed by atoms with Crippen LogP contribution in [-0.2, 0) is 5.60 Å². The van der Waals surface area contributed by atoms with Gasteiger partial charge in [-0.15, -0.1) is 0 Å². The molecule has 2 rings (SSSR count). The minimum Gasteiger partial charge on any atom is -0.463 e. The van der Waals surface area contributed by atoms with Gasteiger partial charge in [-0.1, -0.05) is 0 Å². The van der Waals surface area contributed by atoms with Gasteiger partial charge in [-0.2, -0.15) is 0 Å². The molecule has 0 radical (unpaired) electrons. The van der Waals surface area contributed by atoms with Crippen LogP contribution in [0.15, 0.2) is 35.1 Å². The molecule has 0 aliphatic carbocycles. The van der Waals surface area contributed by atoms with Crippen LogP contribution in [0.25, 0.3) is 0 Å². The lowest BCUT2D eigenvalue weighted by Gasteiger charge is -2.21. The summed E-state index contributed by atoms with van der Waals surface area (Å²) in [7, 11) is 0. The Hall–Kier alpha value is -2.21. The summed E-state index contributed by atoms with van der Waals surface area (Å²) in [6, 6.07) is 3.44. The lowest BCUT2D eigenvalue weighted by Crippen LogP contribution is -2.38. The third kappa shape index (κ3) is 3.17. The summed E-state index contributed by atoms with van der Waals surface area (Å²) in [5.74, 6) is 0.719. The molecule has 0 saturated carbocycles. The van der Waals surface area contributed by atoms with E-state index in [1.54, 1.807) is 26.0 Å². The second-order valence-corrected chi connectivity index (χ2v) is 4.46. The fourth-order valence-corrected chi connectivity index (χ4v) is 1.57. The van der Waals surface area contributed by atoms with E-state index in [9.17, 15) is 9.90 Å². The van der Waals surface area contributed by atoms with Gasteiger partial charge < -0.3 is 14.8 Å². The van der Waals surface area contributed by atoms with Gasteiger partial charge in [-0.05, 0) is 26.0 Å². The van der Waals surface area contributed by atoms with Crippen molar-refractivity contribution in [2.24, 2.45) is 0 Å². The molecule has 2 N–H and O–H groups in total. The van der Waals surface area contributed by atoms with Gasteiger partial charge in [0.25, 0.3) is 5.91 Å². The molecular weight excluding hydrogens is 246 g/mol. The van der Waals surface area contributed by atoms with E-state index in [-0.39, 0.29) is 12.2 Å². The van der Waals surface area contributed by atoms with Gasteiger partial charge >= 0.3 is 0 Å². The lowest BCUT2D eigenvalue weighted by molar-refractivity contribution is 0.0322. The number of nitrogens with zero attached hydrogens (tertiary/aromatic N) is 2. The van der Waals surface area contributed by atoms with E-state index in [0.717, 1.165) is 0 Å². The fraction of sp³-hybridized carbons (Fsp3) is 0.308. The van der Waals surface area contributed by atoms with Crippen molar-refractivity contribution in [1.29, 1.82) is 0 Å². The number of aromatic nitrogens is 2. The zero-order chi connectivity index (χ0) is 13.9. The topological polar surface area (TPSA) is 88.2 Å². The van der Waals surface area contributed by atoms with Crippen LogP contribution in [0.1, 0.15) is 28.9 Å². The van der Waals surface area contributed by atoms with Crippen molar-refractivity contribution in [3.05, 3.63) is 47.9 Å². The molecule has 6 nitrogen and oxygen atoms in total. The van der Waals surface area contributed by atoms with Crippen molar-refractivity contribution >= 4 is 5.91 Å². The van der Waals surface area contributed by atoms with Crippen LogP contribution in [0.4, 0.5) is 0 Å². The molecule has 0 aliphatic heterocycles. The number of amides is 1. The first-order valence-corrected chi connectivity index (χ1v) is 5.82. The second-order valence-electron chi connectivity index (χ2n) is 4.46. The van der Waals surface area contributed by atoms with Crippen molar-refractivity contribution in [3.63, 3.8) is 0 Å². The molecule has 100 valence electrons. The quantitative estimate of drug-likeness (QED) is 0.857. The fourth-order valence-electron chi connectivity index (χ4n) is 1.57. The molecule has 0 saturated heterocycles. The van der Waals surface area contributed by atoms with Crippen LogP contribution in [-0.4, -0.2) is 27.5 Å². The van der Waals surface area contributed by atoms with Gasteiger partial charge in [-0.25, -0.2) is 4.98 Å². The summed E-state index contributed by atoms with van der Waals surface area (Å²) in [5.41, 5.74) is -1.07. The number of rotatable bonds is 4. The number of carbonyl (C=O) groups excluding carboxylic acids is 1. The summed E-state index contributed by atoms with van der Waals surface area (Å²) < 4.78 is 5.36. The summed E-state index contributed by atoms with van der Waals surface area (Å²) in [5, 5.41) is 12.8. The molecule has 2 aromatic heterocycles. The smallest absolute Gasteiger partial charge is 0.271 e. The Balaban J connectivity index is 2.00. The van der Waals surface area contributed by atoms with Crippen molar-refractivity contribution in [2.45, 2.75) is 19.4 Å². The van der Waals surface area contributed by atoms with E-state index in [2.05, 4.69) is 15.3 Å². The number of hydrogen-bond donors (Lipinski definition) is 2. The first-order chi connectivity index (χ1) is 8.99. The molecule has 1 amide bonds. The first-order valence-electron chi connectivity index (χ1n) is 5.82. The Labute approximate surface area is 110 Å². The number of aryl methyl sites for hydroxylation is 1. The molecule has 0 bridgehead atoms. The third-order valence-electron chi connectivity index (χ3n) is 2.66. The predicted molar refractivity (Wildman–Crippen MR) is 67.4 cm³/mol. The Bertz CT molecular complexity index is 564. The van der Waals surface area contributed by atoms with Crippen LogP contribution in [0.2, 0.25) is 0 Å². The highest BCUT2D eigenvalue weighted by Crippen LogP contribution is 2.21. The van der Waals surface area contributed by atoms with E-state index >= 15 is 0 Å². The Morgan fingerprint density at radius 3 is 2.84 bits per heavy atom. The summed E-state index contributed by atoms with van der Waals surface area (Å²) in [6.07, 6.45) is 4.28. The first kappa shape index (κ1) is 13.2. The van der Waals surface area contributed by atoms with E-state index in [4.69, 9.17) is 4.42 Å². The third-order valence-corrected chi connectivity index (χ3v) is 2.66. The largest absolute Gasteiger partial charge is 0.463 e. The lowest BCUT2D eigenvalue weighted by atomic mass is 10.0. The van der Waals surface area contributed by atoms with Gasteiger partial charge in [0, 0.05) is 12.4 Å². The Morgan fingerprint density at radius 2 is 2.26 bits per heavy atom. The molecule has 0 spiro atoms. The average molecular weight is 261 g/mol. The van der Waals surface area contributed by atoms with E-state index in [1.807, 2.05) is 0 Å². The second kappa shape index (κ2) is 5.19. The van der Waals surface area contributed by atoms with Crippen LogP contribution >= 0.6 is 0 Å². The summed E-state index contributed by atoms with van der Waals surface area (Å²) in [6.45, 7) is 3.38. The predicted octanol–water partition coefficient (Wildman–Crippen LogP) is 1.02. The number of aliphatic hydroxyl groups is 1. The summed E-state index contributed by atoms with van der Waals surface area (Å²) >= 11 is 0. The minimum atomic E-state index is -1.27. The maximum atomic E-state index is 11.8. The van der Waals surface area contributed by atoms with Gasteiger partial charge in [0.1, 0.15) is 22.8 Å². The molecule has 1 unspecified atom stereocenters. The van der Waals surface area contributed by atoms with Crippen molar-refractivity contribution < 1.29 is 14.3 Å². The minimum absolute atomic E-state index is 0.0232. The van der Waals surface area contributed by atoms with Gasteiger partial charge in [0.15, 0.2) is 0 Å². The SMILES string of the molecule is Cc1ccc(C(C)(O)CNC(=O)c2cnccn2)o1. The van der Waals surface area contributed by atoms with Crippen molar-refractivity contribution in [1.82, 2.24) is 15.3 Å². The standard InChI is InChI=1S/C13H15N3O3/c1-9-3-4-11(19-9)13(2,18)8-16-12(17)10-7-14-5-6-15-10/h3-7,18H,8H2,1-2H3,(H,16,17). The molecule has 6 heteroatoms. The molecule has 0 aliphatic rings. The van der Waals surface area contributed by atoms with Gasteiger partial charge in [0.2, 0.25) is 0 Å². The van der Waals surface area contributed by atoms with E-state index in [1.165, 1.54) is 18.6 Å². The number of furan rings is 1. The number of carbonyl (C=O) groups is 1. The molecule has 0 fully saturated rings. The Morgan fingerprint density at radius 1 is 1.47 bits per heavy atom. The van der Waals surface area contributed by atoms with Crippen LogP contribution in [0.5, 0.6) is 0 Å². The number of nitrogens with one attached hydrogen (secondary N) is 1. The molecular formula is C13H15N3O3. The molecule has 0 aromatic carbocycles. The van der Waals surface area contributed by atoms with E-state index < -0.39 is 11.5 Å². The molecule has 2 heterocycles. The van der Waals surface area contributed by atoms with Crippen molar-refractivity contribution in [3.8, 4) is 0 Å². The maximum Gasteiger partial charge on any atom is 0.271 e. The van der Waals surface area contributed by atoms with Crippen LogP contribution < -0.4 is 5.32 Å². The Kier molecular flexibility index (Phi) is 3.62. The molecule has 2 aromatic rings. The highest BCUT2D eigenvalue weighted by molar-refractivity contribution is 5.91. The van der Waals surface area contributed by atoms with Gasteiger partial charge in [0.05, 0.1) is 12.7 Å². The van der Waals surface area contributed by atoms with Gasteiger partial charge in [-0.3, -0.25) is 9.78 Å². The van der Waals surface area contributed by atoms with Crippen LogP contribution in [0, 0.1) is 6.92 Å². The average Bonchev–Trinajstić information content (AvgIpc) is 2.85. The zero-order valence-corrected chi connectivity index (χ0v) is 10.8. The maximum absolute atomic E-state index is 11.8. The highest BCUT2D eigenvalue weighted by atomic mass is 16.4. The molecule has 19 heavy (non-hydrogen) atoms. The van der Waals surface area contributed by atoms with E-state index in [0.29, 0.717) is 11.5 Å². The van der Waals surface area contributed by atoms with Crippen LogP contribution in [0.3, 0.4) is 0 Å². The monoisotopic (exact) mass is 261 g/mol. The summed E-state index contributed by atoms with van der Waals surface area (Å²) in [4.78, 5) is 19.5.